The second kappa shape index (κ2) is 6.57. The largest absolute Gasteiger partial charge is 0.276 e. The molecule has 108 valence electrons. The maximum atomic E-state index is 12.3. The third-order valence-electron chi connectivity index (χ3n) is 2.25. The van der Waals surface area contributed by atoms with Crippen molar-refractivity contribution in [2.75, 3.05) is 0 Å². The Morgan fingerprint density at radius 1 is 0.810 bits per heavy atom. The van der Waals surface area contributed by atoms with Crippen LogP contribution in [0.2, 0.25) is 0 Å². The number of rotatable bonds is 0. The number of halogens is 2. The molecule has 0 saturated carbocycles. The van der Waals surface area contributed by atoms with E-state index in [4.69, 9.17) is 0 Å². The minimum absolute atomic E-state index is 0.157. The fourth-order valence-corrected chi connectivity index (χ4v) is 12.1. The fraction of sp³-hybridized carbons (Fsp3) is 0. The Kier molecular flexibility index (Phi) is 5.08. The van der Waals surface area contributed by atoms with Crippen LogP contribution in [0, 0.1) is 0 Å². The van der Waals surface area contributed by atoms with E-state index in [1.807, 2.05) is 0 Å². The minimum Gasteiger partial charge on any atom is -0.276 e. The number of fused-ring (bicyclic) bond motifs is 1. The van der Waals surface area contributed by atoms with E-state index >= 15 is 0 Å². The van der Waals surface area contributed by atoms with Crippen LogP contribution >= 0.6 is 127 Å². The summed E-state index contributed by atoms with van der Waals surface area (Å²) in [6.07, 6.45) is 0. The van der Waals surface area contributed by atoms with E-state index in [1.165, 1.54) is 28.9 Å². The van der Waals surface area contributed by atoms with E-state index < -0.39 is 0 Å². The van der Waals surface area contributed by atoms with Crippen LogP contribution in [0.15, 0.2) is 20.7 Å². The molecular formula is C9I2N2OS7. The third kappa shape index (κ3) is 3.17. The van der Waals surface area contributed by atoms with Crippen LogP contribution in [-0.4, -0.2) is 8.75 Å². The zero-order chi connectivity index (χ0) is 14.6. The van der Waals surface area contributed by atoms with Crippen LogP contribution in [0.1, 0.15) is 0 Å². The lowest BCUT2D eigenvalue weighted by atomic mass is 10.9. The number of hydrogen-bond acceptors (Lipinski definition) is 10. The van der Waals surface area contributed by atoms with Crippen molar-refractivity contribution >= 4 is 135 Å². The second-order valence-corrected chi connectivity index (χ2v) is 14.5. The molecule has 0 bridgehead atoms. The van der Waals surface area contributed by atoms with Crippen LogP contribution in [0.5, 0.6) is 0 Å². The van der Waals surface area contributed by atoms with Crippen LogP contribution in [-0.2, 0) is 0 Å². The lowest BCUT2D eigenvalue weighted by Crippen LogP contribution is -2.14. The highest BCUT2D eigenvalue weighted by molar-refractivity contribution is 14.1. The van der Waals surface area contributed by atoms with Gasteiger partial charge >= 0.3 is 0 Å². The van der Waals surface area contributed by atoms with Crippen molar-refractivity contribution in [3.63, 3.8) is 0 Å². The summed E-state index contributed by atoms with van der Waals surface area (Å²) in [5.41, 5.74) is 0. The van der Waals surface area contributed by atoms with Gasteiger partial charge in [0.25, 0.3) is 4.74 Å². The summed E-state index contributed by atoms with van der Waals surface area (Å²) in [6.45, 7) is 0. The molecule has 4 rings (SSSR count). The normalized spacial score (nSPS) is 18.0. The van der Waals surface area contributed by atoms with Crippen LogP contribution < -0.4 is 13.1 Å². The average Bonchev–Trinajstić information content (AvgIpc) is 3.13. The number of aromatic nitrogens is 2. The standard InChI is InChI=1S/C9I2N2OS7/c10-2-3(11)17-7(16-2)1-6(14)20-8(15-1)9-18-4-5(19-9)13-21-12-4. The Labute approximate surface area is 175 Å². The molecule has 0 spiro atoms. The zero-order valence-corrected chi connectivity index (χ0v) is 19.4. The summed E-state index contributed by atoms with van der Waals surface area (Å²) >= 11 is 15.5. The summed E-state index contributed by atoms with van der Waals surface area (Å²) in [6, 6.07) is 0. The van der Waals surface area contributed by atoms with Gasteiger partial charge in [0.1, 0.15) is 18.4 Å². The van der Waals surface area contributed by atoms with E-state index in [2.05, 4.69) is 53.9 Å². The number of thioether (sulfide) groups is 4. The Balaban J connectivity index is 1.82. The molecule has 0 atom stereocenters. The smallest absolute Gasteiger partial charge is 0.252 e. The summed E-state index contributed by atoms with van der Waals surface area (Å²) in [7, 11) is 0. The fourth-order valence-electron chi connectivity index (χ4n) is 1.43. The Bertz CT molecular complexity index is 917. The third-order valence-corrected chi connectivity index (χ3v) is 14.9. The molecule has 2 aliphatic rings. The molecule has 0 aliphatic carbocycles. The SMILES string of the molecule is O=c1sc(=C2Sc3nsnc3S2)sc1=C1SC(I)=C(I)S1. The van der Waals surface area contributed by atoms with Crippen molar-refractivity contribution in [3.05, 3.63) is 23.7 Å². The first-order valence-electron chi connectivity index (χ1n) is 5.09. The summed E-state index contributed by atoms with van der Waals surface area (Å²) in [5.74, 6) is 0. The van der Waals surface area contributed by atoms with Gasteiger partial charge in [0.05, 0.1) is 26.0 Å². The lowest BCUT2D eigenvalue weighted by Gasteiger charge is -1.89. The van der Waals surface area contributed by atoms with Crippen LogP contribution in [0.4, 0.5) is 0 Å². The van der Waals surface area contributed by atoms with Gasteiger partial charge in [-0.1, -0.05) is 58.4 Å². The summed E-state index contributed by atoms with van der Waals surface area (Å²) in [4.78, 5) is 12.3. The predicted octanol–water partition coefficient (Wildman–Crippen LogP) is 4.53. The van der Waals surface area contributed by atoms with E-state index in [1.54, 1.807) is 58.4 Å². The Hall–Kier alpha value is 1.75. The first kappa shape index (κ1) is 16.2. The molecule has 0 unspecified atom stereocenters. The molecular weight excluding hydrogens is 630 g/mol. The van der Waals surface area contributed by atoms with Crippen molar-refractivity contribution in [3.8, 4) is 0 Å². The highest BCUT2D eigenvalue weighted by Gasteiger charge is 2.24. The molecule has 0 saturated heterocycles. The molecule has 0 aromatic carbocycles. The number of hydrogen-bond donors (Lipinski definition) is 0. The van der Waals surface area contributed by atoms with Gasteiger partial charge in [-0.05, 0) is 45.2 Å². The van der Waals surface area contributed by atoms with Crippen molar-refractivity contribution in [1.82, 2.24) is 8.75 Å². The molecule has 0 amide bonds. The molecule has 0 fully saturated rings. The molecule has 4 heterocycles. The molecule has 0 N–H and O–H groups in total. The van der Waals surface area contributed by atoms with Crippen LogP contribution in [0.25, 0.3) is 8.47 Å². The van der Waals surface area contributed by atoms with Gasteiger partial charge in [-0.2, -0.15) is 8.75 Å². The van der Waals surface area contributed by atoms with Gasteiger partial charge in [0, 0.05) is 0 Å². The molecule has 21 heavy (non-hydrogen) atoms. The topological polar surface area (TPSA) is 42.9 Å². The van der Waals surface area contributed by atoms with Gasteiger partial charge in [0.15, 0.2) is 0 Å². The predicted molar refractivity (Wildman–Crippen MR) is 116 cm³/mol. The van der Waals surface area contributed by atoms with Crippen LogP contribution in [0.3, 0.4) is 0 Å². The maximum absolute atomic E-state index is 12.3. The minimum atomic E-state index is 0.157. The summed E-state index contributed by atoms with van der Waals surface area (Å²) < 4.78 is 15.4. The second-order valence-electron chi connectivity index (χ2n) is 3.51. The van der Waals surface area contributed by atoms with E-state index in [9.17, 15) is 4.79 Å². The maximum Gasteiger partial charge on any atom is 0.252 e. The van der Waals surface area contributed by atoms with Gasteiger partial charge in [-0.25, -0.2) is 0 Å². The van der Waals surface area contributed by atoms with E-state index in [0.717, 1.165) is 26.9 Å². The monoisotopic (exact) mass is 630 g/mol. The highest BCUT2D eigenvalue weighted by atomic mass is 127. The average molecular weight is 630 g/mol. The Morgan fingerprint density at radius 3 is 2.05 bits per heavy atom. The van der Waals surface area contributed by atoms with E-state index in [-0.39, 0.29) is 4.74 Å². The molecule has 2 aromatic rings. The quantitative estimate of drug-likeness (QED) is 0.397. The molecule has 12 heteroatoms. The number of nitrogens with zero attached hydrogens (tertiary/aromatic N) is 2. The first-order valence-corrected chi connectivity index (χ1v) is 12.9. The van der Waals surface area contributed by atoms with Gasteiger partial charge < -0.3 is 0 Å². The zero-order valence-electron chi connectivity index (χ0n) is 9.42. The van der Waals surface area contributed by atoms with E-state index in [0.29, 0.717) is 0 Å². The molecule has 2 aliphatic heterocycles. The van der Waals surface area contributed by atoms with Crippen molar-refractivity contribution in [1.29, 1.82) is 0 Å². The summed E-state index contributed by atoms with van der Waals surface area (Å²) in [5, 5.41) is 1.94. The molecule has 2 aromatic heterocycles. The van der Waals surface area contributed by atoms with Gasteiger partial charge in [-0.15, -0.1) is 11.3 Å². The molecule has 3 nitrogen and oxygen atoms in total. The van der Waals surface area contributed by atoms with Gasteiger partial charge in [-0.3, -0.25) is 4.79 Å². The first-order chi connectivity index (χ1) is 10.1. The van der Waals surface area contributed by atoms with Gasteiger partial charge in [0.2, 0.25) is 0 Å². The van der Waals surface area contributed by atoms with Crippen molar-refractivity contribution in [2.24, 2.45) is 0 Å². The molecule has 0 radical (unpaired) electrons. The van der Waals surface area contributed by atoms with Crippen molar-refractivity contribution in [2.45, 2.75) is 10.1 Å². The van der Waals surface area contributed by atoms with Crippen molar-refractivity contribution < 1.29 is 0 Å². The Morgan fingerprint density at radius 2 is 1.43 bits per heavy atom. The lowest BCUT2D eigenvalue weighted by molar-refractivity contribution is 1.10. The highest BCUT2D eigenvalue weighted by Crippen LogP contribution is 2.55.